The Morgan fingerprint density at radius 1 is 1.10 bits per heavy atom. The molecule has 2 saturated heterocycles. The summed E-state index contributed by atoms with van der Waals surface area (Å²) < 4.78 is 6.80. The Balaban J connectivity index is 1.67. The van der Waals surface area contributed by atoms with Gasteiger partial charge in [0.05, 0.1) is 24.9 Å². The van der Waals surface area contributed by atoms with Gasteiger partial charge in [0, 0.05) is 22.2 Å². The zero-order valence-corrected chi connectivity index (χ0v) is 18.2. The lowest BCUT2D eigenvalue weighted by Gasteiger charge is -2.79. The van der Waals surface area contributed by atoms with Crippen molar-refractivity contribution in [3.63, 3.8) is 0 Å². The summed E-state index contributed by atoms with van der Waals surface area (Å²) in [6.45, 7) is 13.7. The molecule has 2 aliphatic heterocycles. The van der Waals surface area contributed by atoms with Crippen LogP contribution >= 0.6 is 0 Å². The Morgan fingerprint density at radius 3 is 2.55 bits per heavy atom. The SMILES string of the molecule is C=C1C(O)[C@@]23[C@@H]4CC(C)(C)C[C@]25OC[C@]2(C=C[C@H](O)C(C)(C)[C@H]2[C@@H]5O)[C@@H]3CC[C@@H]14. The summed E-state index contributed by atoms with van der Waals surface area (Å²) in [6, 6.07) is 0. The van der Waals surface area contributed by atoms with Gasteiger partial charge in [-0.1, -0.05) is 46.4 Å². The van der Waals surface area contributed by atoms with E-state index in [4.69, 9.17) is 4.74 Å². The largest absolute Gasteiger partial charge is 0.390 e. The van der Waals surface area contributed by atoms with E-state index in [0.717, 1.165) is 31.3 Å². The fraction of sp³-hybridized carbons (Fsp3) is 0.840. The van der Waals surface area contributed by atoms with Crippen LogP contribution in [0.3, 0.4) is 0 Å². The van der Waals surface area contributed by atoms with Crippen molar-refractivity contribution in [3.05, 3.63) is 24.3 Å². The Hall–Kier alpha value is -0.680. The molecular formula is C25H36O4. The first-order valence-electron chi connectivity index (χ1n) is 11.5. The highest BCUT2D eigenvalue weighted by atomic mass is 16.5. The van der Waals surface area contributed by atoms with E-state index < -0.39 is 34.7 Å². The van der Waals surface area contributed by atoms with Gasteiger partial charge < -0.3 is 20.1 Å². The second kappa shape index (κ2) is 5.03. The molecule has 160 valence electrons. The Labute approximate surface area is 174 Å². The van der Waals surface area contributed by atoms with Crippen LogP contribution in [-0.4, -0.2) is 45.8 Å². The third kappa shape index (κ3) is 1.71. The zero-order valence-electron chi connectivity index (χ0n) is 18.2. The van der Waals surface area contributed by atoms with Gasteiger partial charge in [0.2, 0.25) is 0 Å². The van der Waals surface area contributed by atoms with Gasteiger partial charge in [-0.3, -0.25) is 0 Å². The van der Waals surface area contributed by atoms with Crippen LogP contribution in [0, 0.1) is 45.3 Å². The molecule has 4 bridgehead atoms. The summed E-state index contributed by atoms with van der Waals surface area (Å²) in [4.78, 5) is 0. The van der Waals surface area contributed by atoms with Gasteiger partial charge in [0.1, 0.15) is 5.60 Å². The molecule has 0 amide bonds. The topological polar surface area (TPSA) is 69.9 Å². The van der Waals surface area contributed by atoms with Crippen LogP contribution in [0.25, 0.3) is 0 Å². The van der Waals surface area contributed by atoms with Gasteiger partial charge in [0.25, 0.3) is 0 Å². The molecule has 7 rings (SSSR count). The molecule has 10 atom stereocenters. The van der Waals surface area contributed by atoms with Crippen molar-refractivity contribution in [2.24, 2.45) is 45.3 Å². The minimum absolute atomic E-state index is 0.0320. The van der Waals surface area contributed by atoms with Crippen molar-refractivity contribution >= 4 is 0 Å². The van der Waals surface area contributed by atoms with Crippen LogP contribution in [0.2, 0.25) is 0 Å². The first-order valence-corrected chi connectivity index (χ1v) is 11.5. The summed E-state index contributed by atoms with van der Waals surface area (Å²) in [5, 5.41) is 34.8. The van der Waals surface area contributed by atoms with Crippen molar-refractivity contribution < 1.29 is 20.1 Å². The maximum absolute atomic E-state index is 12.1. The van der Waals surface area contributed by atoms with Gasteiger partial charge in [0.15, 0.2) is 0 Å². The number of fused-ring (bicyclic) bond motifs is 1. The van der Waals surface area contributed by atoms with E-state index in [0.29, 0.717) is 18.4 Å². The summed E-state index contributed by atoms with van der Waals surface area (Å²) >= 11 is 0. The van der Waals surface area contributed by atoms with Gasteiger partial charge in [-0.25, -0.2) is 0 Å². The van der Waals surface area contributed by atoms with Crippen molar-refractivity contribution in [2.75, 3.05) is 6.61 Å². The molecule has 0 aromatic heterocycles. The third-order valence-electron chi connectivity index (χ3n) is 10.7. The summed E-state index contributed by atoms with van der Waals surface area (Å²) in [6.07, 6.45) is 6.14. The first kappa shape index (κ1) is 19.0. The lowest BCUT2D eigenvalue weighted by molar-refractivity contribution is -0.408. The minimum Gasteiger partial charge on any atom is -0.390 e. The van der Waals surface area contributed by atoms with Crippen molar-refractivity contribution in [3.8, 4) is 0 Å². The molecular weight excluding hydrogens is 364 g/mol. The molecule has 5 aliphatic carbocycles. The Kier molecular flexibility index (Phi) is 3.30. The van der Waals surface area contributed by atoms with Crippen molar-refractivity contribution in [1.82, 2.24) is 0 Å². The van der Waals surface area contributed by atoms with Crippen LogP contribution in [0.5, 0.6) is 0 Å². The molecule has 0 aromatic rings. The smallest absolute Gasteiger partial charge is 0.104 e. The van der Waals surface area contributed by atoms with Crippen LogP contribution in [0.15, 0.2) is 24.3 Å². The molecule has 0 radical (unpaired) electrons. The summed E-state index contributed by atoms with van der Waals surface area (Å²) in [5.74, 6) is 0.816. The van der Waals surface area contributed by atoms with Gasteiger partial charge in [-0.15, -0.1) is 0 Å². The number of hydrogen-bond acceptors (Lipinski definition) is 4. The van der Waals surface area contributed by atoms with Crippen LogP contribution < -0.4 is 0 Å². The van der Waals surface area contributed by atoms with E-state index in [9.17, 15) is 15.3 Å². The predicted molar refractivity (Wildman–Crippen MR) is 110 cm³/mol. The lowest BCUT2D eigenvalue weighted by Crippen LogP contribution is -2.85. The standard InChI is InChI=1S/C25H36O4/c1-13-14-6-7-16-23-9-8-17(26)22(4,5)18(23)20(28)24(29-12-23)11-21(2,3)10-15(14)25(16,24)19(13)27/h8-9,14-20,26-28H,1,6-7,10-12H2,2-5H3/t14-,15+,16-,17-,18+,19?,20-,23+,24+,25-/m0/s1. The molecule has 2 heterocycles. The van der Waals surface area contributed by atoms with Gasteiger partial charge in [-0.2, -0.15) is 0 Å². The maximum Gasteiger partial charge on any atom is 0.104 e. The molecule has 3 N–H and O–H groups in total. The summed E-state index contributed by atoms with van der Waals surface area (Å²) in [5.41, 5.74) is -0.994. The van der Waals surface area contributed by atoms with E-state index in [1.165, 1.54) is 0 Å². The third-order valence-corrected chi connectivity index (χ3v) is 10.7. The summed E-state index contributed by atoms with van der Waals surface area (Å²) in [7, 11) is 0. The number of aliphatic hydroxyl groups excluding tert-OH is 3. The van der Waals surface area contributed by atoms with E-state index in [2.05, 4.69) is 40.3 Å². The van der Waals surface area contributed by atoms with E-state index >= 15 is 0 Å². The van der Waals surface area contributed by atoms with Crippen LogP contribution in [0.1, 0.15) is 53.4 Å². The Morgan fingerprint density at radius 2 is 1.83 bits per heavy atom. The fourth-order valence-electron chi connectivity index (χ4n) is 10.0. The highest BCUT2D eigenvalue weighted by Crippen LogP contribution is 2.82. The van der Waals surface area contributed by atoms with E-state index in [1.807, 2.05) is 6.08 Å². The highest BCUT2D eigenvalue weighted by Gasteiger charge is 2.86. The average Bonchev–Trinajstić information content (AvgIpc) is 2.75. The number of ether oxygens (including phenoxy) is 1. The first-order chi connectivity index (χ1) is 13.5. The average molecular weight is 401 g/mol. The lowest BCUT2D eigenvalue weighted by atomic mass is 9.30. The molecule has 4 saturated carbocycles. The van der Waals surface area contributed by atoms with Crippen molar-refractivity contribution in [2.45, 2.75) is 77.3 Å². The predicted octanol–water partition coefficient (Wildman–Crippen LogP) is 3.07. The molecule has 7 aliphatic rings. The van der Waals surface area contributed by atoms with Gasteiger partial charge >= 0.3 is 0 Å². The number of aliphatic hydroxyl groups is 3. The zero-order chi connectivity index (χ0) is 20.8. The molecule has 6 fully saturated rings. The molecule has 1 unspecified atom stereocenters. The molecule has 4 heteroatoms. The van der Waals surface area contributed by atoms with Crippen LogP contribution in [0.4, 0.5) is 0 Å². The second-order valence-corrected chi connectivity index (χ2v) is 12.6. The maximum atomic E-state index is 12.1. The molecule has 3 spiro atoms. The van der Waals surface area contributed by atoms with E-state index in [-0.39, 0.29) is 22.7 Å². The second-order valence-electron chi connectivity index (χ2n) is 12.6. The Bertz CT molecular complexity index is 829. The van der Waals surface area contributed by atoms with Crippen LogP contribution in [-0.2, 0) is 4.74 Å². The highest BCUT2D eigenvalue weighted by molar-refractivity contribution is 5.42. The monoisotopic (exact) mass is 400 g/mol. The van der Waals surface area contributed by atoms with Gasteiger partial charge in [-0.05, 0) is 54.4 Å². The number of hydrogen-bond donors (Lipinski definition) is 3. The quantitative estimate of drug-likeness (QED) is 0.547. The molecule has 4 nitrogen and oxygen atoms in total. The van der Waals surface area contributed by atoms with Crippen molar-refractivity contribution in [1.29, 1.82) is 0 Å². The normalized spacial score (nSPS) is 60.7. The van der Waals surface area contributed by atoms with E-state index in [1.54, 1.807) is 0 Å². The fourth-order valence-corrected chi connectivity index (χ4v) is 10.0. The molecule has 29 heavy (non-hydrogen) atoms. The molecule has 0 aromatic carbocycles. The minimum atomic E-state index is -0.768. The number of rotatable bonds is 0.